The zero-order chi connectivity index (χ0) is 23.5. The van der Waals surface area contributed by atoms with Gasteiger partial charge in [-0.3, -0.25) is 0 Å². The second-order valence-corrected chi connectivity index (χ2v) is 12.7. The molecule has 1 unspecified atom stereocenters. The summed E-state index contributed by atoms with van der Waals surface area (Å²) in [6, 6.07) is 0. The third kappa shape index (κ3) is 4.42. The fourth-order valence-corrected chi connectivity index (χ4v) is 8.81. The second-order valence-electron chi connectivity index (χ2n) is 12.7. The lowest BCUT2D eigenvalue weighted by atomic mass is 9.46. The quantitative estimate of drug-likeness (QED) is 0.435. The minimum absolute atomic E-state index is 0.220. The van der Waals surface area contributed by atoms with Crippen LogP contribution in [0.2, 0.25) is 0 Å². The smallest absolute Gasteiger partial charge is 0.391 e. The van der Waals surface area contributed by atoms with Crippen molar-refractivity contribution in [2.24, 2.45) is 40.4 Å². The Balaban J connectivity index is 1.44. The summed E-state index contributed by atoms with van der Waals surface area (Å²) >= 11 is 0. The molecular weight excluding hydrogens is 413 g/mol. The van der Waals surface area contributed by atoms with Crippen LogP contribution in [0.15, 0.2) is 11.6 Å². The van der Waals surface area contributed by atoms with Gasteiger partial charge in [-0.1, -0.05) is 32.4 Å². The first kappa shape index (κ1) is 24.6. The molecule has 4 aliphatic rings. The molecule has 0 saturated heterocycles. The van der Waals surface area contributed by atoms with E-state index in [-0.39, 0.29) is 17.3 Å². The van der Waals surface area contributed by atoms with Gasteiger partial charge in [0.25, 0.3) is 0 Å². The minimum Gasteiger partial charge on any atom is -0.393 e. The minimum atomic E-state index is -4.29. The molecule has 2 N–H and O–H groups in total. The average molecular weight is 457 g/mol. The molecule has 4 aliphatic carbocycles. The highest BCUT2D eigenvalue weighted by Crippen LogP contribution is 2.67. The van der Waals surface area contributed by atoms with Crippen molar-refractivity contribution < 1.29 is 23.4 Å². The van der Waals surface area contributed by atoms with Gasteiger partial charge in [0.05, 0.1) is 18.1 Å². The number of hydrogen-bond donors (Lipinski definition) is 2. The van der Waals surface area contributed by atoms with E-state index in [1.54, 1.807) is 0 Å². The van der Waals surface area contributed by atoms with Gasteiger partial charge in [-0.05, 0) is 112 Å². The van der Waals surface area contributed by atoms with E-state index in [1.165, 1.54) is 31.3 Å². The lowest BCUT2D eigenvalue weighted by Gasteiger charge is -2.59. The molecule has 0 bridgehead atoms. The molecule has 0 heterocycles. The molecule has 0 radical (unpaired) electrons. The Morgan fingerprint density at radius 2 is 1.75 bits per heavy atom. The molecule has 184 valence electrons. The van der Waals surface area contributed by atoms with Crippen LogP contribution in [0.25, 0.3) is 0 Å². The summed E-state index contributed by atoms with van der Waals surface area (Å²) in [5.74, 6) is 2.96. The number of halogens is 3. The molecule has 3 saturated carbocycles. The third-order valence-electron chi connectivity index (χ3n) is 10.6. The Bertz CT molecular complexity index is 729. The monoisotopic (exact) mass is 456 g/mol. The van der Waals surface area contributed by atoms with Crippen molar-refractivity contribution in [3.8, 4) is 0 Å². The maximum Gasteiger partial charge on any atom is 0.391 e. The van der Waals surface area contributed by atoms with Crippen LogP contribution in [0.3, 0.4) is 0 Å². The number of allylic oxidation sites excluding steroid dienone is 1. The number of aliphatic hydroxyl groups excluding tert-OH is 1. The van der Waals surface area contributed by atoms with E-state index in [0.717, 1.165) is 25.7 Å². The summed E-state index contributed by atoms with van der Waals surface area (Å²) in [6.45, 7) is 9.09. The Morgan fingerprint density at radius 3 is 2.44 bits per heavy atom. The van der Waals surface area contributed by atoms with E-state index >= 15 is 0 Å². The van der Waals surface area contributed by atoms with Crippen LogP contribution in [0, 0.1) is 40.4 Å². The van der Waals surface area contributed by atoms with Gasteiger partial charge in [0.2, 0.25) is 0 Å². The van der Waals surface area contributed by atoms with Crippen LogP contribution in [0.4, 0.5) is 13.2 Å². The number of hydrogen-bond acceptors (Lipinski definition) is 2. The summed E-state index contributed by atoms with van der Waals surface area (Å²) in [4.78, 5) is 0. The van der Waals surface area contributed by atoms with Gasteiger partial charge in [0, 0.05) is 0 Å². The topological polar surface area (TPSA) is 40.5 Å². The lowest BCUT2D eigenvalue weighted by Crippen LogP contribution is -2.52. The zero-order valence-electron chi connectivity index (χ0n) is 20.3. The summed E-state index contributed by atoms with van der Waals surface area (Å²) in [5, 5.41) is 20.5. The third-order valence-corrected chi connectivity index (χ3v) is 10.6. The predicted octanol–water partition coefficient (Wildman–Crippen LogP) is 7.05. The predicted molar refractivity (Wildman–Crippen MR) is 121 cm³/mol. The van der Waals surface area contributed by atoms with Crippen molar-refractivity contribution in [2.75, 3.05) is 0 Å². The van der Waals surface area contributed by atoms with Crippen molar-refractivity contribution in [3.05, 3.63) is 11.6 Å². The Labute approximate surface area is 192 Å². The van der Waals surface area contributed by atoms with Crippen LogP contribution >= 0.6 is 0 Å². The van der Waals surface area contributed by atoms with Gasteiger partial charge in [-0.2, -0.15) is 13.2 Å². The molecule has 2 nitrogen and oxygen atoms in total. The number of alkyl halides is 3. The Hall–Kier alpha value is -0.550. The normalized spacial score (nSPS) is 46.0. The van der Waals surface area contributed by atoms with Crippen LogP contribution in [0.1, 0.15) is 98.3 Å². The molecule has 9 atom stereocenters. The van der Waals surface area contributed by atoms with E-state index in [0.29, 0.717) is 36.0 Å². The van der Waals surface area contributed by atoms with Crippen LogP contribution in [-0.2, 0) is 0 Å². The van der Waals surface area contributed by atoms with E-state index < -0.39 is 24.3 Å². The van der Waals surface area contributed by atoms with Crippen molar-refractivity contribution in [1.82, 2.24) is 0 Å². The molecular formula is C27H43F3O2. The second kappa shape index (κ2) is 8.29. The number of fused-ring (bicyclic) bond motifs is 5. The molecule has 0 aromatic heterocycles. The van der Waals surface area contributed by atoms with Gasteiger partial charge in [-0.25, -0.2) is 0 Å². The summed E-state index contributed by atoms with van der Waals surface area (Å²) in [5.41, 5.74) is 1.40. The van der Waals surface area contributed by atoms with Crippen LogP contribution < -0.4 is 0 Å². The average Bonchev–Trinajstić information content (AvgIpc) is 3.02. The first-order valence-corrected chi connectivity index (χ1v) is 12.9. The molecule has 0 spiro atoms. The molecule has 3 fully saturated rings. The highest BCUT2D eigenvalue weighted by molar-refractivity contribution is 5.26. The Kier molecular flexibility index (Phi) is 6.36. The van der Waals surface area contributed by atoms with Gasteiger partial charge < -0.3 is 10.2 Å². The molecule has 0 aliphatic heterocycles. The lowest BCUT2D eigenvalue weighted by molar-refractivity contribution is -0.154. The van der Waals surface area contributed by atoms with Crippen molar-refractivity contribution in [1.29, 1.82) is 0 Å². The molecule has 0 aromatic rings. The first-order chi connectivity index (χ1) is 14.8. The first-order valence-electron chi connectivity index (χ1n) is 12.9. The van der Waals surface area contributed by atoms with Crippen LogP contribution in [0.5, 0.6) is 0 Å². The maximum absolute atomic E-state index is 12.6. The highest BCUT2D eigenvalue weighted by atomic mass is 19.4. The molecule has 0 amide bonds. The van der Waals surface area contributed by atoms with Gasteiger partial charge in [0.15, 0.2) is 0 Å². The Morgan fingerprint density at radius 1 is 1.03 bits per heavy atom. The van der Waals surface area contributed by atoms with Gasteiger partial charge in [-0.15, -0.1) is 0 Å². The maximum atomic E-state index is 12.6. The largest absolute Gasteiger partial charge is 0.393 e. The zero-order valence-corrected chi connectivity index (χ0v) is 20.3. The SMILES string of the molecule is C[C@H](CC[C@H](O)CC(F)(F)F)[C@H]1CC[C@H]2[C@@H]3CC=C4C[C@@](C)(O)CCC4(C)[C@H]3CC[C@]12C. The van der Waals surface area contributed by atoms with Crippen molar-refractivity contribution >= 4 is 0 Å². The van der Waals surface area contributed by atoms with Gasteiger partial charge in [0.1, 0.15) is 0 Å². The number of aliphatic hydroxyl groups is 2. The fourth-order valence-electron chi connectivity index (χ4n) is 8.81. The molecule has 5 heteroatoms. The standard InChI is InChI=1S/C27H43F3O2/c1-17(5-7-19(31)16-27(28,29)30)21-9-10-22-20-8-6-18-15-24(2,32)13-14-25(18,3)23(20)11-12-26(21,22)4/h6,17,19-23,31-32H,5,7-16H2,1-4H3/t17-,19+,20+,21-,22+,23+,24+,25?,26-/m1/s1. The highest BCUT2D eigenvalue weighted by Gasteiger charge is 2.59. The van der Waals surface area contributed by atoms with E-state index in [2.05, 4.69) is 26.8 Å². The van der Waals surface area contributed by atoms with E-state index in [4.69, 9.17) is 0 Å². The molecule has 32 heavy (non-hydrogen) atoms. The number of rotatable bonds is 5. The van der Waals surface area contributed by atoms with Crippen molar-refractivity contribution in [3.63, 3.8) is 0 Å². The van der Waals surface area contributed by atoms with Crippen LogP contribution in [-0.4, -0.2) is 28.1 Å². The fraction of sp³-hybridized carbons (Fsp3) is 0.926. The van der Waals surface area contributed by atoms with E-state index in [1.807, 2.05) is 6.92 Å². The summed E-state index contributed by atoms with van der Waals surface area (Å²) in [7, 11) is 0. The summed E-state index contributed by atoms with van der Waals surface area (Å²) < 4.78 is 37.8. The van der Waals surface area contributed by atoms with Crippen molar-refractivity contribution in [2.45, 2.75) is 116 Å². The van der Waals surface area contributed by atoms with Gasteiger partial charge >= 0.3 is 6.18 Å². The molecule has 4 rings (SSSR count). The molecule has 0 aromatic carbocycles. The van der Waals surface area contributed by atoms with E-state index in [9.17, 15) is 23.4 Å². The summed E-state index contributed by atoms with van der Waals surface area (Å²) in [6.07, 6.45) is 5.46.